The Morgan fingerprint density at radius 1 is 1.18 bits per heavy atom. The Balaban J connectivity index is 2.19. The fourth-order valence-corrected chi connectivity index (χ4v) is 1.71. The minimum atomic E-state index is 0.446. The van der Waals surface area contributed by atoms with E-state index in [0.29, 0.717) is 28.2 Å². The molecule has 0 bridgehead atoms. The van der Waals surface area contributed by atoms with Gasteiger partial charge < -0.3 is 10.5 Å². The molecule has 0 aliphatic carbocycles. The van der Waals surface area contributed by atoms with Crippen LogP contribution in [-0.4, -0.2) is 4.98 Å². The van der Waals surface area contributed by atoms with Gasteiger partial charge in [0.25, 0.3) is 0 Å². The monoisotopic (exact) mass is 268 g/mol. The minimum Gasteiger partial charge on any atom is -0.437 e. The second kappa shape index (κ2) is 5.36. The van der Waals surface area contributed by atoms with Gasteiger partial charge >= 0.3 is 0 Å². The van der Waals surface area contributed by atoms with Crippen LogP contribution in [0.25, 0.3) is 0 Å². The van der Waals surface area contributed by atoms with E-state index in [1.54, 1.807) is 30.5 Å². The zero-order chi connectivity index (χ0) is 12.3. The van der Waals surface area contributed by atoms with Crippen molar-refractivity contribution in [1.82, 2.24) is 4.98 Å². The van der Waals surface area contributed by atoms with Crippen LogP contribution in [-0.2, 0) is 6.54 Å². The maximum absolute atomic E-state index is 5.98. The summed E-state index contributed by atoms with van der Waals surface area (Å²) >= 11 is 11.8. The predicted molar refractivity (Wildman–Crippen MR) is 68.7 cm³/mol. The van der Waals surface area contributed by atoms with Crippen LogP contribution in [0.2, 0.25) is 10.0 Å². The number of ether oxygens (including phenoxy) is 1. The Kier molecular flexibility index (Phi) is 3.84. The van der Waals surface area contributed by atoms with Crippen molar-refractivity contribution in [2.45, 2.75) is 6.54 Å². The van der Waals surface area contributed by atoms with Crippen molar-refractivity contribution in [3.63, 3.8) is 0 Å². The second-order valence-electron chi connectivity index (χ2n) is 3.39. The summed E-state index contributed by atoms with van der Waals surface area (Å²) < 4.78 is 5.52. The summed E-state index contributed by atoms with van der Waals surface area (Å²) in [6, 6.07) is 8.62. The molecule has 0 amide bonds. The molecule has 5 heteroatoms. The van der Waals surface area contributed by atoms with Crippen LogP contribution >= 0.6 is 23.2 Å². The van der Waals surface area contributed by atoms with Crippen LogP contribution in [0.5, 0.6) is 11.6 Å². The van der Waals surface area contributed by atoms with Crippen LogP contribution < -0.4 is 10.5 Å². The van der Waals surface area contributed by atoms with Crippen LogP contribution in [0.15, 0.2) is 36.5 Å². The molecule has 0 aliphatic heterocycles. The van der Waals surface area contributed by atoms with E-state index >= 15 is 0 Å². The molecule has 0 aliphatic rings. The summed E-state index contributed by atoms with van der Waals surface area (Å²) in [6.45, 7) is 0.453. The normalized spacial score (nSPS) is 10.3. The highest BCUT2D eigenvalue weighted by atomic mass is 35.5. The average molecular weight is 269 g/mol. The highest BCUT2D eigenvalue weighted by molar-refractivity contribution is 6.35. The van der Waals surface area contributed by atoms with Gasteiger partial charge in [-0.1, -0.05) is 29.3 Å². The molecule has 1 aromatic carbocycles. The molecule has 2 aromatic rings. The van der Waals surface area contributed by atoms with E-state index < -0.39 is 0 Å². The topological polar surface area (TPSA) is 48.1 Å². The van der Waals surface area contributed by atoms with Crippen molar-refractivity contribution in [1.29, 1.82) is 0 Å². The molecular formula is C12H10Cl2N2O. The van der Waals surface area contributed by atoms with Crippen LogP contribution in [0.1, 0.15) is 5.56 Å². The fraction of sp³-hybridized carbons (Fsp3) is 0.0833. The summed E-state index contributed by atoms with van der Waals surface area (Å²) in [7, 11) is 0. The average Bonchev–Trinajstić information content (AvgIpc) is 2.34. The van der Waals surface area contributed by atoms with E-state index in [4.69, 9.17) is 33.7 Å². The Morgan fingerprint density at radius 3 is 2.59 bits per heavy atom. The van der Waals surface area contributed by atoms with Gasteiger partial charge in [-0.2, -0.15) is 0 Å². The smallest absolute Gasteiger partial charge is 0.219 e. The lowest BCUT2D eigenvalue weighted by Crippen LogP contribution is -1.97. The Bertz CT molecular complexity index is 514. The van der Waals surface area contributed by atoms with Crippen molar-refractivity contribution in [3.05, 3.63) is 52.1 Å². The minimum absolute atomic E-state index is 0.446. The first kappa shape index (κ1) is 12.2. The lowest BCUT2D eigenvalue weighted by molar-refractivity contribution is 0.463. The first-order valence-corrected chi connectivity index (χ1v) is 5.72. The maximum Gasteiger partial charge on any atom is 0.219 e. The number of benzene rings is 1. The molecule has 2 N–H and O–H groups in total. The molecule has 0 radical (unpaired) electrons. The molecule has 0 saturated heterocycles. The number of halogens is 2. The third-order valence-electron chi connectivity index (χ3n) is 2.14. The molecule has 0 atom stereocenters. The van der Waals surface area contributed by atoms with Crippen LogP contribution in [0, 0.1) is 0 Å². The van der Waals surface area contributed by atoms with Gasteiger partial charge in [-0.3, -0.25) is 0 Å². The van der Waals surface area contributed by atoms with E-state index in [0.717, 1.165) is 5.56 Å². The summed E-state index contributed by atoms with van der Waals surface area (Å²) in [4.78, 5) is 4.11. The Labute approximate surface area is 109 Å². The Hall–Kier alpha value is -1.29. The SMILES string of the molecule is NCc1ccc(Oc2ccc(Cl)cc2Cl)nc1. The van der Waals surface area contributed by atoms with Gasteiger partial charge in [0.15, 0.2) is 0 Å². The third kappa shape index (κ3) is 3.09. The lowest BCUT2D eigenvalue weighted by Gasteiger charge is -2.07. The van der Waals surface area contributed by atoms with Crippen LogP contribution in [0.4, 0.5) is 0 Å². The first-order valence-electron chi connectivity index (χ1n) is 4.97. The highest BCUT2D eigenvalue weighted by Gasteiger charge is 2.04. The van der Waals surface area contributed by atoms with Gasteiger partial charge in [-0.05, 0) is 23.8 Å². The van der Waals surface area contributed by atoms with Gasteiger partial charge in [-0.15, -0.1) is 0 Å². The summed E-state index contributed by atoms with van der Waals surface area (Å²) in [5.74, 6) is 0.982. The number of nitrogens with two attached hydrogens (primary N) is 1. The van der Waals surface area contributed by atoms with Crippen molar-refractivity contribution in [3.8, 4) is 11.6 Å². The number of hydrogen-bond donors (Lipinski definition) is 1. The van der Waals surface area contributed by atoms with Crippen LogP contribution in [0.3, 0.4) is 0 Å². The van der Waals surface area contributed by atoms with E-state index in [1.165, 1.54) is 0 Å². The van der Waals surface area contributed by atoms with Crippen molar-refractivity contribution in [2.75, 3.05) is 0 Å². The summed E-state index contributed by atoms with van der Waals surface area (Å²) in [5.41, 5.74) is 6.42. The first-order chi connectivity index (χ1) is 8.19. The summed E-state index contributed by atoms with van der Waals surface area (Å²) in [6.07, 6.45) is 1.67. The quantitative estimate of drug-likeness (QED) is 0.925. The fourth-order valence-electron chi connectivity index (χ4n) is 1.26. The van der Waals surface area contributed by atoms with Crippen molar-refractivity contribution < 1.29 is 4.74 Å². The zero-order valence-corrected chi connectivity index (χ0v) is 10.4. The number of aromatic nitrogens is 1. The zero-order valence-electron chi connectivity index (χ0n) is 8.86. The standard InChI is InChI=1S/C12H10Cl2N2O/c13-9-2-3-11(10(14)5-9)17-12-4-1-8(6-15)7-16-12/h1-5,7H,6,15H2. The molecule has 1 aromatic heterocycles. The van der Waals surface area contributed by atoms with E-state index in [9.17, 15) is 0 Å². The summed E-state index contributed by atoms with van der Waals surface area (Å²) in [5, 5.41) is 1.01. The molecule has 2 rings (SSSR count). The number of nitrogens with zero attached hydrogens (tertiary/aromatic N) is 1. The predicted octanol–water partition coefficient (Wildman–Crippen LogP) is 3.64. The van der Waals surface area contributed by atoms with Crippen molar-refractivity contribution in [2.24, 2.45) is 5.73 Å². The van der Waals surface area contributed by atoms with E-state index in [1.807, 2.05) is 6.07 Å². The van der Waals surface area contributed by atoms with Crippen molar-refractivity contribution >= 4 is 23.2 Å². The highest BCUT2D eigenvalue weighted by Crippen LogP contribution is 2.30. The number of hydrogen-bond acceptors (Lipinski definition) is 3. The molecule has 0 spiro atoms. The molecule has 0 fully saturated rings. The van der Waals surface area contributed by atoms with E-state index in [-0.39, 0.29) is 0 Å². The van der Waals surface area contributed by atoms with Gasteiger partial charge in [0.05, 0.1) is 5.02 Å². The molecule has 0 saturated carbocycles. The second-order valence-corrected chi connectivity index (χ2v) is 4.23. The van der Waals surface area contributed by atoms with Gasteiger partial charge in [0.1, 0.15) is 5.75 Å². The molecule has 17 heavy (non-hydrogen) atoms. The Morgan fingerprint density at radius 2 is 2.00 bits per heavy atom. The van der Waals surface area contributed by atoms with Gasteiger partial charge in [-0.25, -0.2) is 4.98 Å². The van der Waals surface area contributed by atoms with E-state index in [2.05, 4.69) is 4.98 Å². The molecule has 0 unspecified atom stereocenters. The largest absolute Gasteiger partial charge is 0.437 e. The number of pyridine rings is 1. The molecule has 3 nitrogen and oxygen atoms in total. The molecule has 88 valence electrons. The number of rotatable bonds is 3. The molecular weight excluding hydrogens is 259 g/mol. The molecule has 1 heterocycles. The van der Waals surface area contributed by atoms with Gasteiger partial charge in [0.2, 0.25) is 5.88 Å². The lowest BCUT2D eigenvalue weighted by atomic mass is 10.3. The van der Waals surface area contributed by atoms with Gasteiger partial charge in [0, 0.05) is 23.8 Å². The third-order valence-corrected chi connectivity index (χ3v) is 2.67. The maximum atomic E-state index is 5.98.